The molecular formula is C49H84N6O19. The molecule has 0 radical (unpaired) electrons. The van der Waals surface area contributed by atoms with Crippen molar-refractivity contribution in [1.29, 1.82) is 0 Å². The van der Waals surface area contributed by atoms with Gasteiger partial charge in [-0.1, -0.05) is 0 Å². The monoisotopic (exact) mass is 1060 g/mol. The van der Waals surface area contributed by atoms with E-state index in [0.717, 1.165) is 0 Å². The quantitative estimate of drug-likeness (QED) is 0.0640. The zero-order valence-electron chi connectivity index (χ0n) is 45.5. The molecule has 2 heterocycles. The maximum atomic E-state index is 13.6. The second-order valence-electron chi connectivity index (χ2n) is 23.5. The third-order valence-electron chi connectivity index (χ3n) is 10.7. The molecule has 0 aromatic heterocycles. The van der Waals surface area contributed by atoms with Crippen LogP contribution in [0.2, 0.25) is 0 Å². The standard InChI is InChI=1S/C49H84N6O19/c1-17-18-19-20-31(57)50-24-30-33(58)32(55-44(65)74-49(14,15)16)34(59)39(67-30)69-37-26(53-42(63)72-47(8,9)10)21-25(52-41(62)71-46(5,6)7)36(35(37)60)68-38-27(54-43(64)73-48(11,12)13)22-28(56)29(66-38)23-51-40(61)70-45(2,3)4/h1,25-30,32-39,56,58-60H,18-24H2,2-16H3,(H,50,57)(H,51,61)(H,52,62)(H,53,63)(H,54,64)(H,55,65)/t25-,26+,27+,28-,29+,30+,32-,33+,34+,35-,36?,37-,38+,39+/m0/s1. The van der Waals surface area contributed by atoms with Crippen LogP contribution in [0.3, 0.4) is 0 Å². The lowest BCUT2D eigenvalue weighted by Gasteiger charge is -2.49. The van der Waals surface area contributed by atoms with E-state index in [2.05, 4.69) is 37.8 Å². The first-order valence-electron chi connectivity index (χ1n) is 24.8. The van der Waals surface area contributed by atoms with Crippen LogP contribution < -0.4 is 31.9 Å². The van der Waals surface area contributed by atoms with Crippen molar-refractivity contribution >= 4 is 36.4 Å². The van der Waals surface area contributed by atoms with Crippen LogP contribution in [0.4, 0.5) is 24.0 Å². The van der Waals surface area contributed by atoms with E-state index in [-0.39, 0.29) is 32.4 Å². The smallest absolute Gasteiger partial charge is 0.408 e. The van der Waals surface area contributed by atoms with Crippen molar-refractivity contribution < 1.29 is 91.8 Å². The fourth-order valence-corrected chi connectivity index (χ4v) is 7.83. The molecule has 1 unspecified atom stereocenters. The van der Waals surface area contributed by atoms with E-state index in [1.807, 2.05) is 0 Å². The number of unbranched alkanes of at least 4 members (excludes halogenated alkanes) is 1. The lowest BCUT2D eigenvalue weighted by Crippen LogP contribution is -2.70. The SMILES string of the molecule is C#CCCCC(=O)NC[C@H]1O[C@H](O[C@H]2[C@H](NC(=O)OC(C)(C)C)C[C@H](NC(=O)OC(C)(C)C)C(O[C@H]3O[C@H](CNC(=O)OC(C)(C)C)[C@@H](O)C[C@H]3NC(=O)OC(C)(C)C)[C@@H]2O)[C@H](O)[C@@H](NC(=O)OC(C)(C)C)[C@@H]1O. The van der Waals surface area contributed by atoms with Crippen molar-refractivity contribution in [1.82, 2.24) is 31.9 Å². The third kappa shape index (κ3) is 22.1. The minimum atomic E-state index is -1.99. The number of aliphatic hydroxyl groups is 4. The van der Waals surface area contributed by atoms with Gasteiger partial charge in [0, 0.05) is 32.4 Å². The van der Waals surface area contributed by atoms with Gasteiger partial charge in [-0.05, 0) is 117 Å². The highest BCUT2D eigenvalue weighted by atomic mass is 16.7. The van der Waals surface area contributed by atoms with Gasteiger partial charge in [0.1, 0.15) is 70.7 Å². The van der Waals surface area contributed by atoms with Gasteiger partial charge in [0.05, 0.1) is 30.3 Å². The Bertz CT molecular complexity index is 1930. The van der Waals surface area contributed by atoms with Crippen LogP contribution in [-0.4, -0.2) is 183 Å². The first-order chi connectivity index (χ1) is 33.8. The van der Waals surface area contributed by atoms with Crippen LogP contribution in [0.15, 0.2) is 0 Å². The lowest BCUT2D eigenvalue weighted by atomic mass is 9.83. The van der Waals surface area contributed by atoms with E-state index < -0.39 is 150 Å². The zero-order valence-corrected chi connectivity index (χ0v) is 45.5. The second kappa shape index (κ2) is 26.2. The summed E-state index contributed by atoms with van der Waals surface area (Å²) in [4.78, 5) is 79.2. The minimum Gasteiger partial charge on any atom is -0.444 e. The van der Waals surface area contributed by atoms with E-state index in [1.165, 1.54) is 0 Å². The Kier molecular flexibility index (Phi) is 22.4. The molecule has 25 nitrogen and oxygen atoms in total. The fraction of sp³-hybridized carbons (Fsp3) is 0.837. The van der Waals surface area contributed by atoms with Crippen LogP contribution >= 0.6 is 0 Å². The van der Waals surface area contributed by atoms with Crippen molar-refractivity contribution in [2.24, 2.45) is 0 Å². The number of hydrogen-bond donors (Lipinski definition) is 10. The van der Waals surface area contributed by atoms with Gasteiger partial charge in [-0.2, -0.15) is 0 Å². The predicted octanol–water partition coefficient (Wildman–Crippen LogP) is 2.46. The fourth-order valence-electron chi connectivity index (χ4n) is 7.83. The average molecular weight is 1060 g/mol. The van der Waals surface area contributed by atoms with E-state index in [4.69, 9.17) is 49.1 Å². The maximum Gasteiger partial charge on any atom is 0.408 e. The molecule has 0 bridgehead atoms. The summed E-state index contributed by atoms with van der Waals surface area (Å²) in [5.74, 6) is 1.99. The Morgan fingerprint density at radius 1 is 0.514 bits per heavy atom. The molecule has 0 spiro atoms. The normalized spacial score (nSPS) is 29.8. The molecule has 0 aromatic rings. The first-order valence-corrected chi connectivity index (χ1v) is 24.8. The van der Waals surface area contributed by atoms with E-state index in [9.17, 15) is 49.2 Å². The van der Waals surface area contributed by atoms with E-state index in [1.54, 1.807) is 104 Å². The van der Waals surface area contributed by atoms with E-state index in [0.29, 0.717) is 12.8 Å². The molecule has 0 aromatic carbocycles. The van der Waals surface area contributed by atoms with Gasteiger partial charge in [0.15, 0.2) is 12.6 Å². The molecule has 10 N–H and O–H groups in total. The molecule has 25 heteroatoms. The number of amides is 6. The molecule has 1 aliphatic carbocycles. The Hall–Kier alpha value is -4.94. The van der Waals surface area contributed by atoms with Gasteiger partial charge in [-0.25, -0.2) is 24.0 Å². The molecule has 3 rings (SSSR count). The first kappa shape index (κ1) is 63.4. The molecule has 424 valence electrons. The highest BCUT2D eigenvalue weighted by Gasteiger charge is 2.54. The molecular weight excluding hydrogens is 977 g/mol. The summed E-state index contributed by atoms with van der Waals surface area (Å²) in [7, 11) is 0. The van der Waals surface area contributed by atoms with Gasteiger partial charge in [0.2, 0.25) is 5.91 Å². The number of alkyl carbamates (subject to hydrolysis) is 5. The van der Waals surface area contributed by atoms with Crippen LogP contribution in [0.1, 0.15) is 136 Å². The summed E-state index contributed by atoms with van der Waals surface area (Å²) < 4.78 is 52.8. The van der Waals surface area contributed by atoms with Gasteiger partial charge in [-0.15, -0.1) is 12.3 Å². The number of nitrogens with one attached hydrogen (secondary N) is 6. The van der Waals surface area contributed by atoms with Gasteiger partial charge >= 0.3 is 30.5 Å². The summed E-state index contributed by atoms with van der Waals surface area (Å²) >= 11 is 0. The Labute approximate surface area is 434 Å². The third-order valence-corrected chi connectivity index (χ3v) is 10.7. The topological polar surface area (TPSA) is 339 Å². The summed E-state index contributed by atoms with van der Waals surface area (Å²) in [6.07, 6.45) is -15.9. The molecule has 3 fully saturated rings. The minimum absolute atomic E-state index is 0.0279. The molecule has 1 saturated carbocycles. The Balaban J connectivity index is 2.19. The number of rotatable bonds is 15. The molecule has 2 aliphatic heterocycles. The predicted molar refractivity (Wildman–Crippen MR) is 263 cm³/mol. The number of terminal acetylenes is 1. The maximum absolute atomic E-state index is 13.6. The second-order valence-corrected chi connectivity index (χ2v) is 23.5. The van der Waals surface area contributed by atoms with Crippen molar-refractivity contribution in [2.45, 2.75) is 250 Å². The van der Waals surface area contributed by atoms with Gasteiger partial charge in [-0.3, -0.25) is 4.79 Å². The Morgan fingerprint density at radius 2 is 0.919 bits per heavy atom. The van der Waals surface area contributed by atoms with Crippen LogP contribution in [-0.2, 0) is 47.4 Å². The number of hydrogen-bond acceptors (Lipinski definition) is 19. The zero-order chi connectivity index (χ0) is 56.3. The largest absolute Gasteiger partial charge is 0.444 e. The van der Waals surface area contributed by atoms with Gasteiger partial charge in [0.25, 0.3) is 0 Å². The summed E-state index contributed by atoms with van der Waals surface area (Å²) in [6.45, 7) is 23.6. The summed E-state index contributed by atoms with van der Waals surface area (Å²) in [5, 5.41) is 63.2. The van der Waals surface area contributed by atoms with Gasteiger partial charge < -0.3 is 95.0 Å². The highest BCUT2D eigenvalue weighted by Crippen LogP contribution is 2.34. The van der Waals surface area contributed by atoms with Crippen molar-refractivity contribution in [3.8, 4) is 12.3 Å². The number of carbonyl (C=O) groups excluding carboxylic acids is 6. The van der Waals surface area contributed by atoms with Crippen molar-refractivity contribution in [2.75, 3.05) is 13.1 Å². The number of aliphatic hydroxyl groups excluding tert-OH is 4. The molecule has 6 amide bonds. The van der Waals surface area contributed by atoms with Crippen LogP contribution in [0.25, 0.3) is 0 Å². The van der Waals surface area contributed by atoms with Crippen LogP contribution in [0, 0.1) is 12.3 Å². The van der Waals surface area contributed by atoms with E-state index >= 15 is 0 Å². The number of carbonyl (C=O) groups is 6. The molecule has 14 atom stereocenters. The summed E-state index contributed by atoms with van der Waals surface area (Å²) in [6, 6.07) is -5.53. The van der Waals surface area contributed by atoms with Crippen LogP contribution in [0.5, 0.6) is 0 Å². The molecule has 3 aliphatic rings. The van der Waals surface area contributed by atoms with Crippen molar-refractivity contribution in [3.63, 3.8) is 0 Å². The Morgan fingerprint density at radius 3 is 1.38 bits per heavy atom. The lowest BCUT2D eigenvalue weighted by molar-refractivity contribution is -0.315. The van der Waals surface area contributed by atoms with Crippen molar-refractivity contribution in [3.05, 3.63) is 0 Å². The number of ether oxygens (including phenoxy) is 9. The average Bonchev–Trinajstić information content (AvgIpc) is 3.19. The summed E-state index contributed by atoms with van der Waals surface area (Å²) in [5.41, 5.74) is -4.95. The molecule has 74 heavy (non-hydrogen) atoms. The highest BCUT2D eigenvalue weighted by molar-refractivity contribution is 5.76. The molecule has 2 saturated heterocycles.